The molecule has 1 aromatic rings. The van der Waals surface area contributed by atoms with Crippen LogP contribution in [0, 0.1) is 5.92 Å². The van der Waals surface area contributed by atoms with E-state index >= 15 is 0 Å². The van der Waals surface area contributed by atoms with Crippen molar-refractivity contribution in [1.29, 1.82) is 0 Å². The second kappa shape index (κ2) is 5.84. The van der Waals surface area contributed by atoms with E-state index in [1.165, 1.54) is 0 Å². The monoisotopic (exact) mass is 250 g/mol. The number of rotatable bonds is 4. The number of anilines is 1. The third-order valence-electron chi connectivity index (χ3n) is 3.02. The van der Waals surface area contributed by atoms with Crippen molar-refractivity contribution in [2.75, 3.05) is 25.1 Å². The molecule has 0 saturated carbocycles. The number of aromatic hydroxyl groups is 1. The molecule has 1 fully saturated rings. The van der Waals surface area contributed by atoms with Crippen LogP contribution in [0.1, 0.15) is 6.92 Å². The molecule has 2 unspecified atom stereocenters. The quantitative estimate of drug-likeness (QED) is 0.696. The minimum atomic E-state index is -0.168. The summed E-state index contributed by atoms with van der Waals surface area (Å²) < 4.78 is 5.34. The first kappa shape index (κ1) is 12.9. The van der Waals surface area contributed by atoms with Gasteiger partial charge in [-0.2, -0.15) is 0 Å². The maximum Gasteiger partial charge on any atom is 0.231 e. The molecule has 0 aromatic heterocycles. The molecular formula is C13H18N2O3. The van der Waals surface area contributed by atoms with Gasteiger partial charge >= 0.3 is 0 Å². The number of ether oxygens (including phenoxy) is 1. The molecule has 1 heterocycles. The van der Waals surface area contributed by atoms with Gasteiger partial charge in [-0.3, -0.25) is 4.79 Å². The largest absolute Gasteiger partial charge is 0.508 e. The van der Waals surface area contributed by atoms with Gasteiger partial charge in [-0.25, -0.2) is 0 Å². The summed E-state index contributed by atoms with van der Waals surface area (Å²) >= 11 is 0. The van der Waals surface area contributed by atoms with E-state index in [1.54, 1.807) is 24.3 Å². The molecule has 1 aliphatic rings. The highest BCUT2D eigenvalue weighted by atomic mass is 16.5. The van der Waals surface area contributed by atoms with Crippen LogP contribution >= 0.6 is 0 Å². The van der Waals surface area contributed by atoms with E-state index in [2.05, 4.69) is 10.6 Å². The normalized spacial score (nSPS) is 22.9. The van der Waals surface area contributed by atoms with Gasteiger partial charge in [0, 0.05) is 11.7 Å². The minimum absolute atomic E-state index is 0.0517. The summed E-state index contributed by atoms with van der Waals surface area (Å²) in [6.07, 6.45) is 0. The van der Waals surface area contributed by atoms with E-state index in [0.717, 1.165) is 6.54 Å². The van der Waals surface area contributed by atoms with Gasteiger partial charge in [0.25, 0.3) is 0 Å². The fourth-order valence-electron chi connectivity index (χ4n) is 2.06. The molecule has 0 spiro atoms. The van der Waals surface area contributed by atoms with Crippen molar-refractivity contribution in [2.45, 2.75) is 13.0 Å². The Kier molecular flexibility index (Phi) is 4.17. The fraction of sp³-hybridized carbons (Fsp3) is 0.462. The van der Waals surface area contributed by atoms with E-state index < -0.39 is 0 Å². The predicted molar refractivity (Wildman–Crippen MR) is 68.5 cm³/mol. The lowest BCUT2D eigenvalue weighted by Crippen LogP contribution is -2.41. The Morgan fingerprint density at radius 1 is 1.39 bits per heavy atom. The van der Waals surface area contributed by atoms with Gasteiger partial charge in [0.15, 0.2) is 0 Å². The van der Waals surface area contributed by atoms with Crippen LogP contribution in [0.25, 0.3) is 0 Å². The SMILES string of the molecule is CCNC1COCC1C(=O)Nc1ccc(O)cc1. The number of hydrogen-bond acceptors (Lipinski definition) is 4. The zero-order valence-electron chi connectivity index (χ0n) is 10.3. The van der Waals surface area contributed by atoms with Crippen LogP contribution in [0.15, 0.2) is 24.3 Å². The summed E-state index contributed by atoms with van der Waals surface area (Å²) in [6, 6.07) is 6.51. The van der Waals surface area contributed by atoms with Crippen LogP contribution in [0.3, 0.4) is 0 Å². The first-order valence-electron chi connectivity index (χ1n) is 6.11. The molecule has 1 aliphatic heterocycles. The summed E-state index contributed by atoms with van der Waals surface area (Å²) in [6.45, 7) is 3.84. The van der Waals surface area contributed by atoms with Crippen molar-refractivity contribution >= 4 is 11.6 Å². The van der Waals surface area contributed by atoms with Crippen molar-refractivity contribution in [1.82, 2.24) is 5.32 Å². The number of likely N-dealkylation sites (N-methyl/N-ethyl adjacent to an activating group) is 1. The summed E-state index contributed by atoms with van der Waals surface area (Å²) in [5.41, 5.74) is 0.681. The summed E-state index contributed by atoms with van der Waals surface area (Å²) in [5.74, 6) is -0.0365. The molecule has 1 aromatic carbocycles. The molecular weight excluding hydrogens is 232 g/mol. The zero-order valence-corrected chi connectivity index (χ0v) is 10.3. The molecule has 0 aliphatic carbocycles. The van der Waals surface area contributed by atoms with Crippen molar-refractivity contribution in [3.8, 4) is 5.75 Å². The van der Waals surface area contributed by atoms with E-state index in [1.807, 2.05) is 6.92 Å². The molecule has 0 radical (unpaired) electrons. The lowest BCUT2D eigenvalue weighted by atomic mass is 10.0. The summed E-state index contributed by atoms with van der Waals surface area (Å²) in [5, 5.41) is 15.2. The third-order valence-corrected chi connectivity index (χ3v) is 3.02. The average molecular weight is 250 g/mol. The molecule has 2 atom stereocenters. The van der Waals surface area contributed by atoms with Gasteiger partial charge < -0.3 is 20.5 Å². The Balaban J connectivity index is 1.96. The Morgan fingerprint density at radius 3 is 2.78 bits per heavy atom. The highest BCUT2D eigenvalue weighted by Crippen LogP contribution is 2.18. The number of hydrogen-bond donors (Lipinski definition) is 3. The number of phenolic OH excluding ortho intramolecular Hbond substituents is 1. The van der Waals surface area contributed by atoms with Crippen molar-refractivity contribution in [3.05, 3.63) is 24.3 Å². The highest BCUT2D eigenvalue weighted by Gasteiger charge is 2.33. The molecule has 0 bridgehead atoms. The first-order valence-corrected chi connectivity index (χ1v) is 6.11. The first-order chi connectivity index (χ1) is 8.70. The third kappa shape index (κ3) is 3.00. The molecule has 2 rings (SSSR count). The predicted octanol–water partition coefficient (Wildman–Crippen LogP) is 0.955. The van der Waals surface area contributed by atoms with Crippen molar-refractivity contribution < 1.29 is 14.6 Å². The van der Waals surface area contributed by atoms with Crippen LogP contribution in [-0.4, -0.2) is 36.8 Å². The molecule has 5 nitrogen and oxygen atoms in total. The lowest BCUT2D eigenvalue weighted by Gasteiger charge is -2.17. The van der Waals surface area contributed by atoms with Gasteiger partial charge in [-0.15, -0.1) is 0 Å². The fourth-order valence-corrected chi connectivity index (χ4v) is 2.06. The van der Waals surface area contributed by atoms with Crippen LogP contribution < -0.4 is 10.6 Å². The van der Waals surface area contributed by atoms with E-state index in [9.17, 15) is 9.90 Å². The maximum atomic E-state index is 12.1. The van der Waals surface area contributed by atoms with E-state index in [-0.39, 0.29) is 23.6 Å². The van der Waals surface area contributed by atoms with E-state index in [4.69, 9.17) is 4.74 Å². The molecule has 18 heavy (non-hydrogen) atoms. The summed E-state index contributed by atoms with van der Waals surface area (Å²) in [7, 11) is 0. The average Bonchev–Trinajstić information content (AvgIpc) is 2.81. The Bertz CT molecular complexity index is 405. The van der Waals surface area contributed by atoms with Crippen LogP contribution in [0.2, 0.25) is 0 Å². The second-order valence-corrected chi connectivity index (χ2v) is 4.34. The molecule has 3 N–H and O–H groups in total. The Morgan fingerprint density at radius 2 is 2.11 bits per heavy atom. The topological polar surface area (TPSA) is 70.6 Å². The van der Waals surface area contributed by atoms with Crippen molar-refractivity contribution in [3.63, 3.8) is 0 Å². The number of phenols is 1. The lowest BCUT2D eigenvalue weighted by molar-refractivity contribution is -0.120. The maximum absolute atomic E-state index is 12.1. The smallest absolute Gasteiger partial charge is 0.231 e. The number of nitrogens with one attached hydrogen (secondary N) is 2. The highest BCUT2D eigenvalue weighted by molar-refractivity contribution is 5.93. The van der Waals surface area contributed by atoms with Gasteiger partial charge in [0.1, 0.15) is 5.75 Å². The molecule has 98 valence electrons. The molecule has 1 saturated heterocycles. The zero-order chi connectivity index (χ0) is 13.0. The molecule has 1 amide bonds. The Hall–Kier alpha value is -1.59. The number of amides is 1. The van der Waals surface area contributed by atoms with Crippen LogP contribution in [0.4, 0.5) is 5.69 Å². The van der Waals surface area contributed by atoms with Crippen LogP contribution in [-0.2, 0) is 9.53 Å². The number of carbonyl (C=O) groups is 1. The summed E-state index contributed by atoms with van der Waals surface area (Å²) in [4.78, 5) is 12.1. The van der Waals surface area contributed by atoms with Crippen LogP contribution in [0.5, 0.6) is 5.75 Å². The number of benzene rings is 1. The van der Waals surface area contributed by atoms with Gasteiger partial charge in [-0.1, -0.05) is 6.92 Å². The second-order valence-electron chi connectivity index (χ2n) is 4.34. The van der Waals surface area contributed by atoms with Gasteiger partial charge in [-0.05, 0) is 30.8 Å². The minimum Gasteiger partial charge on any atom is -0.508 e. The molecule has 5 heteroatoms. The van der Waals surface area contributed by atoms with Gasteiger partial charge in [0.05, 0.1) is 19.1 Å². The Labute approximate surface area is 106 Å². The number of carbonyl (C=O) groups excluding carboxylic acids is 1. The standard InChI is InChI=1S/C13H18N2O3/c1-2-14-12-8-18-7-11(12)13(17)15-9-3-5-10(16)6-4-9/h3-6,11-12,14,16H,2,7-8H2,1H3,(H,15,17). The van der Waals surface area contributed by atoms with Gasteiger partial charge in [0.2, 0.25) is 5.91 Å². The van der Waals surface area contributed by atoms with E-state index in [0.29, 0.717) is 18.9 Å². The van der Waals surface area contributed by atoms with Crippen molar-refractivity contribution in [2.24, 2.45) is 5.92 Å².